The van der Waals surface area contributed by atoms with E-state index in [1.165, 1.54) is 0 Å². The van der Waals surface area contributed by atoms with Gasteiger partial charge in [0.2, 0.25) is 5.91 Å². The van der Waals surface area contributed by atoms with Crippen molar-refractivity contribution in [2.45, 2.75) is 51.2 Å². The van der Waals surface area contributed by atoms with Crippen LogP contribution in [0, 0.1) is 5.92 Å². The van der Waals surface area contributed by atoms with E-state index < -0.39 is 0 Å². The fraction of sp³-hybridized carbons (Fsp3) is 0.923. The van der Waals surface area contributed by atoms with Gasteiger partial charge in [-0.15, -0.1) is 0 Å². The van der Waals surface area contributed by atoms with Crippen LogP contribution in [0.25, 0.3) is 0 Å². The van der Waals surface area contributed by atoms with Crippen LogP contribution in [0.15, 0.2) is 0 Å². The molecule has 2 fully saturated rings. The van der Waals surface area contributed by atoms with E-state index in [0.717, 1.165) is 51.8 Å². The lowest BCUT2D eigenvalue weighted by Gasteiger charge is -2.34. The smallest absolute Gasteiger partial charge is 0.227 e. The zero-order valence-electron chi connectivity index (χ0n) is 10.7. The molecular weight excluding hydrogens is 216 g/mol. The Morgan fingerprint density at radius 3 is 2.82 bits per heavy atom. The predicted octanol–water partition coefficient (Wildman–Crippen LogP) is 1.14. The molecule has 0 aromatic heterocycles. The highest BCUT2D eigenvalue weighted by Gasteiger charge is 2.35. The number of likely N-dealkylation sites (tertiary alicyclic amines) is 1. The van der Waals surface area contributed by atoms with Crippen LogP contribution in [-0.4, -0.2) is 42.6 Å². The van der Waals surface area contributed by atoms with Gasteiger partial charge in [-0.3, -0.25) is 4.79 Å². The molecular formula is C13H24N2O2. The van der Waals surface area contributed by atoms with E-state index in [9.17, 15) is 4.79 Å². The highest BCUT2D eigenvalue weighted by Crippen LogP contribution is 2.27. The molecule has 98 valence electrons. The molecule has 4 heteroatoms. The molecule has 0 radical (unpaired) electrons. The van der Waals surface area contributed by atoms with Crippen LogP contribution in [0.5, 0.6) is 0 Å². The van der Waals surface area contributed by atoms with Gasteiger partial charge in [-0.25, -0.2) is 0 Å². The summed E-state index contributed by atoms with van der Waals surface area (Å²) in [6, 6.07) is 0.0787. The Kier molecular flexibility index (Phi) is 4.40. The van der Waals surface area contributed by atoms with Crippen molar-refractivity contribution in [1.29, 1.82) is 0 Å². The van der Waals surface area contributed by atoms with Crippen molar-refractivity contribution in [3.63, 3.8) is 0 Å². The highest BCUT2D eigenvalue weighted by molar-refractivity contribution is 5.80. The molecule has 0 spiro atoms. The SMILES string of the molecule is CCO[C@@H]1CCCN(C(=O)[C@H]2CCC[C@@H]2N)C1. The zero-order chi connectivity index (χ0) is 12.3. The third-order valence-electron chi connectivity index (χ3n) is 3.98. The van der Waals surface area contributed by atoms with Gasteiger partial charge >= 0.3 is 0 Å². The Morgan fingerprint density at radius 1 is 1.35 bits per heavy atom. The summed E-state index contributed by atoms with van der Waals surface area (Å²) in [5, 5.41) is 0. The van der Waals surface area contributed by atoms with Crippen LogP contribution in [0.4, 0.5) is 0 Å². The van der Waals surface area contributed by atoms with Gasteiger partial charge in [-0.05, 0) is 32.6 Å². The fourth-order valence-corrected chi connectivity index (χ4v) is 3.04. The molecule has 1 aliphatic heterocycles. The number of rotatable bonds is 3. The van der Waals surface area contributed by atoms with Crippen LogP contribution in [0.1, 0.15) is 39.0 Å². The van der Waals surface area contributed by atoms with E-state index in [4.69, 9.17) is 10.5 Å². The second kappa shape index (κ2) is 5.83. The van der Waals surface area contributed by atoms with E-state index in [1.807, 2.05) is 11.8 Å². The minimum absolute atomic E-state index is 0.0652. The Hall–Kier alpha value is -0.610. The van der Waals surface area contributed by atoms with E-state index in [0.29, 0.717) is 0 Å². The number of hydrogen-bond donors (Lipinski definition) is 1. The number of piperidine rings is 1. The number of nitrogens with two attached hydrogens (primary N) is 1. The van der Waals surface area contributed by atoms with Gasteiger partial charge in [-0.1, -0.05) is 6.42 Å². The number of nitrogens with zero attached hydrogens (tertiary/aromatic N) is 1. The maximum atomic E-state index is 12.4. The first kappa shape index (κ1) is 12.8. The summed E-state index contributed by atoms with van der Waals surface area (Å²) >= 11 is 0. The van der Waals surface area contributed by atoms with Gasteiger partial charge < -0.3 is 15.4 Å². The lowest BCUT2D eigenvalue weighted by molar-refractivity contribution is -0.139. The Morgan fingerprint density at radius 2 is 2.18 bits per heavy atom. The predicted molar refractivity (Wildman–Crippen MR) is 66.5 cm³/mol. The summed E-state index contributed by atoms with van der Waals surface area (Å²) in [6.07, 6.45) is 5.43. The van der Waals surface area contributed by atoms with Crippen molar-refractivity contribution in [3.8, 4) is 0 Å². The largest absolute Gasteiger partial charge is 0.377 e. The minimum atomic E-state index is 0.0652. The molecule has 2 N–H and O–H groups in total. The van der Waals surface area contributed by atoms with Crippen molar-refractivity contribution in [3.05, 3.63) is 0 Å². The number of carbonyl (C=O) groups is 1. The molecule has 1 amide bonds. The zero-order valence-corrected chi connectivity index (χ0v) is 10.7. The van der Waals surface area contributed by atoms with Crippen LogP contribution >= 0.6 is 0 Å². The maximum Gasteiger partial charge on any atom is 0.227 e. The summed E-state index contributed by atoms with van der Waals surface area (Å²) < 4.78 is 5.63. The van der Waals surface area contributed by atoms with Gasteiger partial charge in [-0.2, -0.15) is 0 Å². The number of amides is 1. The van der Waals surface area contributed by atoms with E-state index in [1.54, 1.807) is 0 Å². The van der Waals surface area contributed by atoms with Crippen LogP contribution in [0.3, 0.4) is 0 Å². The molecule has 3 atom stereocenters. The number of ether oxygens (including phenoxy) is 1. The summed E-state index contributed by atoms with van der Waals surface area (Å²) in [6.45, 7) is 4.38. The van der Waals surface area contributed by atoms with Crippen LogP contribution in [0.2, 0.25) is 0 Å². The molecule has 1 saturated heterocycles. The summed E-state index contributed by atoms with van der Waals surface area (Å²) in [4.78, 5) is 14.3. The topological polar surface area (TPSA) is 55.6 Å². The second-order valence-corrected chi connectivity index (χ2v) is 5.21. The van der Waals surface area contributed by atoms with Crippen molar-refractivity contribution in [2.75, 3.05) is 19.7 Å². The second-order valence-electron chi connectivity index (χ2n) is 5.21. The average Bonchev–Trinajstić information content (AvgIpc) is 2.75. The molecule has 2 aliphatic rings. The minimum Gasteiger partial charge on any atom is -0.377 e. The Bertz CT molecular complexity index is 268. The number of carbonyl (C=O) groups excluding carboxylic acids is 1. The lowest BCUT2D eigenvalue weighted by atomic mass is 10.00. The molecule has 1 aliphatic carbocycles. The normalized spacial score (nSPS) is 34.0. The third-order valence-corrected chi connectivity index (χ3v) is 3.98. The Balaban J connectivity index is 1.90. The molecule has 17 heavy (non-hydrogen) atoms. The standard InChI is InChI=1S/C13H24N2O2/c1-2-17-10-5-4-8-15(9-10)13(16)11-6-3-7-12(11)14/h10-12H,2-9,14H2,1H3/t10-,11+,12+/m1/s1. The molecule has 1 saturated carbocycles. The van der Waals surface area contributed by atoms with Crippen LogP contribution < -0.4 is 5.73 Å². The molecule has 2 rings (SSSR count). The Labute approximate surface area is 103 Å². The highest BCUT2D eigenvalue weighted by atomic mass is 16.5. The van der Waals surface area contributed by atoms with Gasteiger partial charge in [0.15, 0.2) is 0 Å². The first-order valence-electron chi connectivity index (χ1n) is 6.88. The molecule has 0 unspecified atom stereocenters. The van der Waals surface area contributed by atoms with E-state index in [-0.39, 0.29) is 24.0 Å². The third kappa shape index (κ3) is 2.99. The van der Waals surface area contributed by atoms with Crippen molar-refractivity contribution in [1.82, 2.24) is 4.90 Å². The molecule has 0 aromatic rings. The summed E-state index contributed by atoms with van der Waals surface area (Å²) in [5.41, 5.74) is 6.00. The molecule has 0 bridgehead atoms. The number of hydrogen-bond acceptors (Lipinski definition) is 3. The molecule has 0 aromatic carbocycles. The van der Waals surface area contributed by atoms with Gasteiger partial charge in [0.1, 0.15) is 0 Å². The van der Waals surface area contributed by atoms with Crippen molar-refractivity contribution < 1.29 is 9.53 Å². The quantitative estimate of drug-likeness (QED) is 0.805. The first-order chi connectivity index (χ1) is 8.22. The van der Waals surface area contributed by atoms with Crippen LogP contribution in [-0.2, 0) is 9.53 Å². The maximum absolute atomic E-state index is 12.4. The monoisotopic (exact) mass is 240 g/mol. The van der Waals surface area contributed by atoms with Gasteiger partial charge in [0.25, 0.3) is 0 Å². The van der Waals surface area contributed by atoms with Gasteiger partial charge in [0.05, 0.1) is 12.0 Å². The first-order valence-corrected chi connectivity index (χ1v) is 6.88. The lowest BCUT2D eigenvalue weighted by Crippen LogP contribution is -2.48. The molecule has 1 heterocycles. The summed E-state index contributed by atoms with van der Waals surface area (Å²) in [5.74, 6) is 0.328. The molecule has 4 nitrogen and oxygen atoms in total. The van der Waals surface area contributed by atoms with Crippen molar-refractivity contribution in [2.24, 2.45) is 11.7 Å². The van der Waals surface area contributed by atoms with Gasteiger partial charge in [0, 0.05) is 25.7 Å². The summed E-state index contributed by atoms with van der Waals surface area (Å²) in [7, 11) is 0. The fourth-order valence-electron chi connectivity index (χ4n) is 3.04. The van der Waals surface area contributed by atoms with Crippen molar-refractivity contribution >= 4 is 5.91 Å². The van der Waals surface area contributed by atoms with E-state index >= 15 is 0 Å². The van der Waals surface area contributed by atoms with E-state index in [2.05, 4.69) is 0 Å². The average molecular weight is 240 g/mol.